The van der Waals surface area contributed by atoms with Crippen molar-refractivity contribution in [3.05, 3.63) is 28.7 Å². The van der Waals surface area contributed by atoms with Gasteiger partial charge in [0.2, 0.25) is 5.91 Å². The molecule has 1 atom stereocenters. The van der Waals surface area contributed by atoms with Gasteiger partial charge in [-0.3, -0.25) is 4.79 Å². The summed E-state index contributed by atoms with van der Waals surface area (Å²) in [5, 5.41) is 11.8. The number of hydrogen-bond donors (Lipinski definition) is 2. The molecule has 0 aliphatic heterocycles. The molecule has 100 valence electrons. The smallest absolute Gasteiger partial charge is 0.221 e. The largest absolute Gasteiger partial charge is 0.394 e. The van der Waals surface area contributed by atoms with Crippen LogP contribution in [0.25, 0.3) is 0 Å². The van der Waals surface area contributed by atoms with Crippen LogP contribution in [0.4, 0.5) is 0 Å². The van der Waals surface area contributed by atoms with Crippen LogP contribution in [-0.4, -0.2) is 29.4 Å². The monoisotopic (exact) mass is 331 g/mol. The van der Waals surface area contributed by atoms with E-state index in [4.69, 9.17) is 5.11 Å². The summed E-state index contributed by atoms with van der Waals surface area (Å²) in [6, 6.07) is 7.84. The molecule has 0 aliphatic rings. The molecule has 0 fully saturated rings. The van der Waals surface area contributed by atoms with Gasteiger partial charge in [0.25, 0.3) is 0 Å². The van der Waals surface area contributed by atoms with Gasteiger partial charge in [-0.05, 0) is 34.5 Å². The van der Waals surface area contributed by atoms with Crippen molar-refractivity contribution in [2.45, 2.75) is 30.7 Å². The second-order valence-electron chi connectivity index (χ2n) is 3.88. The number of carbonyl (C=O) groups excluding carboxylic acids is 1. The van der Waals surface area contributed by atoms with Crippen molar-refractivity contribution in [2.24, 2.45) is 0 Å². The number of thioether (sulfide) groups is 1. The molecule has 0 radical (unpaired) electrons. The first-order valence-electron chi connectivity index (χ1n) is 5.95. The van der Waals surface area contributed by atoms with Gasteiger partial charge in [0.1, 0.15) is 0 Å². The maximum Gasteiger partial charge on any atom is 0.221 e. The summed E-state index contributed by atoms with van der Waals surface area (Å²) < 4.78 is 1.05. The third kappa shape index (κ3) is 5.42. The molecule has 0 saturated heterocycles. The first-order chi connectivity index (χ1) is 8.67. The summed E-state index contributed by atoms with van der Waals surface area (Å²) in [4.78, 5) is 12.7. The maximum absolute atomic E-state index is 11.6. The molecule has 1 amide bonds. The standard InChI is InChI=1S/C13H18BrNO2S/c1-2-10(9-16)15-13(17)7-8-18-12-6-4-3-5-11(12)14/h3-6,10,16H,2,7-9H2,1H3,(H,15,17). The molecule has 0 bridgehead atoms. The highest BCUT2D eigenvalue weighted by atomic mass is 79.9. The molecule has 1 rings (SSSR count). The number of nitrogens with one attached hydrogen (secondary N) is 1. The molecular weight excluding hydrogens is 314 g/mol. The first kappa shape index (κ1) is 15.5. The quantitative estimate of drug-likeness (QED) is 0.755. The van der Waals surface area contributed by atoms with Crippen LogP contribution in [-0.2, 0) is 4.79 Å². The van der Waals surface area contributed by atoms with E-state index in [1.165, 1.54) is 0 Å². The molecule has 0 aliphatic carbocycles. The minimum Gasteiger partial charge on any atom is -0.394 e. The minimum atomic E-state index is -0.119. The molecule has 3 nitrogen and oxygen atoms in total. The van der Waals surface area contributed by atoms with E-state index in [2.05, 4.69) is 21.2 Å². The van der Waals surface area contributed by atoms with Gasteiger partial charge in [-0.15, -0.1) is 11.8 Å². The van der Waals surface area contributed by atoms with Crippen LogP contribution in [0, 0.1) is 0 Å². The Bertz CT molecular complexity index is 383. The number of carbonyl (C=O) groups is 1. The molecule has 1 aromatic carbocycles. The summed E-state index contributed by atoms with van der Waals surface area (Å²) in [6.45, 7) is 1.94. The Hall–Kier alpha value is -0.520. The molecule has 0 saturated carbocycles. The third-order valence-electron chi connectivity index (χ3n) is 2.50. The van der Waals surface area contributed by atoms with Crippen LogP contribution in [0.2, 0.25) is 0 Å². The number of benzene rings is 1. The predicted molar refractivity (Wildman–Crippen MR) is 78.8 cm³/mol. The van der Waals surface area contributed by atoms with E-state index in [0.717, 1.165) is 21.5 Å². The fraction of sp³-hybridized carbons (Fsp3) is 0.462. The van der Waals surface area contributed by atoms with Crippen LogP contribution in [0.15, 0.2) is 33.6 Å². The maximum atomic E-state index is 11.6. The number of aliphatic hydroxyl groups is 1. The van der Waals surface area contributed by atoms with Gasteiger partial charge < -0.3 is 10.4 Å². The zero-order valence-electron chi connectivity index (χ0n) is 10.4. The summed E-state index contributed by atoms with van der Waals surface area (Å²) in [7, 11) is 0. The van der Waals surface area contributed by atoms with Gasteiger partial charge in [-0.2, -0.15) is 0 Å². The SMILES string of the molecule is CCC(CO)NC(=O)CCSc1ccccc1Br. The fourth-order valence-electron chi connectivity index (χ4n) is 1.39. The summed E-state index contributed by atoms with van der Waals surface area (Å²) >= 11 is 5.12. The Morgan fingerprint density at radius 1 is 1.50 bits per heavy atom. The lowest BCUT2D eigenvalue weighted by molar-refractivity contribution is -0.121. The summed E-state index contributed by atoms with van der Waals surface area (Å²) in [6.07, 6.45) is 1.21. The van der Waals surface area contributed by atoms with Crippen LogP contribution < -0.4 is 5.32 Å². The lowest BCUT2D eigenvalue weighted by Gasteiger charge is -2.13. The summed E-state index contributed by atoms with van der Waals surface area (Å²) in [5.41, 5.74) is 0. The van der Waals surface area contributed by atoms with Crippen molar-refractivity contribution in [3.8, 4) is 0 Å². The van der Waals surface area contributed by atoms with Gasteiger partial charge >= 0.3 is 0 Å². The molecular formula is C13H18BrNO2S. The summed E-state index contributed by atoms with van der Waals surface area (Å²) in [5.74, 6) is 0.728. The zero-order valence-corrected chi connectivity index (χ0v) is 12.8. The van der Waals surface area contributed by atoms with E-state index in [-0.39, 0.29) is 18.6 Å². The zero-order chi connectivity index (χ0) is 13.4. The Balaban J connectivity index is 2.29. The molecule has 0 heterocycles. The predicted octanol–water partition coefficient (Wildman–Crippen LogP) is 2.82. The average molecular weight is 332 g/mol. The molecule has 5 heteroatoms. The average Bonchev–Trinajstić information content (AvgIpc) is 2.38. The van der Waals surface area contributed by atoms with Crippen LogP contribution in [0.3, 0.4) is 0 Å². The highest BCUT2D eigenvalue weighted by Crippen LogP contribution is 2.27. The Kier molecular flexibility index (Phi) is 7.39. The van der Waals surface area contributed by atoms with Crippen molar-refractivity contribution >= 4 is 33.6 Å². The lowest BCUT2D eigenvalue weighted by atomic mass is 10.2. The molecule has 0 spiro atoms. The Morgan fingerprint density at radius 2 is 2.22 bits per heavy atom. The van der Waals surface area contributed by atoms with Gasteiger partial charge in [-0.1, -0.05) is 19.1 Å². The van der Waals surface area contributed by atoms with Crippen LogP contribution in [0.1, 0.15) is 19.8 Å². The van der Waals surface area contributed by atoms with Gasteiger partial charge in [0, 0.05) is 21.5 Å². The van der Waals surface area contributed by atoms with Gasteiger partial charge in [-0.25, -0.2) is 0 Å². The molecule has 0 aromatic heterocycles. The van der Waals surface area contributed by atoms with Crippen molar-refractivity contribution in [3.63, 3.8) is 0 Å². The second-order valence-corrected chi connectivity index (χ2v) is 5.88. The lowest BCUT2D eigenvalue weighted by Crippen LogP contribution is -2.37. The Labute approximate surface area is 120 Å². The van der Waals surface area contributed by atoms with E-state index in [1.807, 2.05) is 31.2 Å². The second kappa shape index (κ2) is 8.56. The van der Waals surface area contributed by atoms with E-state index < -0.39 is 0 Å². The van der Waals surface area contributed by atoms with Gasteiger partial charge in [0.15, 0.2) is 0 Å². The number of amides is 1. The normalized spacial score (nSPS) is 12.2. The van der Waals surface area contributed by atoms with Crippen LogP contribution >= 0.6 is 27.7 Å². The molecule has 1 unspecified atom stereocenters. The van der Waals surface area contributed by atoms with Gasteiger partial charge in [0.05, 0.1) is 12.6 Å². The molecule has 18 heavy (non-hydrogen) atoms. The Morgan fingerprint density at radius 3 is 2.83 bits per heavy atom. The highest BCUT2D eigenvalue weighted by Gasteiger charge is 2.09. The van der Waals surface area contributed by atoms with Crippen molar-refractivity contribution in [2.75, 3.05) is 12.4 Å². The van der Waals surface area contributed by atoms with Crippen molar-refractivity contribution < 1.29 is 9.90 Å². The number of aliphatic hydroxyl groups excluding tert-OH is 1. The highest BCUT2D eigenvalue weighted by molar-refractivity contribution is 9.10. The van der Waals surface area contributed by atoms with E-state index in [9.17, 15) is 4.79 Å². The number of rotatable bonds is 7. The van der Waals surface area contributed by atoms with Crippen molar-refractivity contribution in [1.29, 1.82) is 0 Å². The van der Waals surface area contributed by atoms with Crippen molar-refractivity contribution in [1.82, 2.24) is 5.32 Å². The molecule has 2 N–H and O–H groups in total. The molecule has 1 aromatic rings. The third-order valence-corrected chi connectivity index (χ3v) is 4.53. The minimum absolute atomic E-state index is 0.000381. The number of halogens is 1. The van der Waals surface area contributed by atoms with Crippen LogP contribution in [0.5, 0.6) is 0 Å². The fourth-order valence-corrected chi connectivity index (χ4v) is 2.91. The van der Waals surface area contributed by atoms with E-state index >= 15 is 0 Å². The topological polar surface area (TPSA) is 49.3 Å². The first-order valence-corrected chi connectivity index (χ1v) is 7.72. The van der Waals surface area contributed by atoms with E-state index in [0.29, 0.717) is 6.42 Å². The number of hydrogen-bond acceptors (Lipinski definition) is 3. The van der Waals surface area contributed by atoms with E-state index in [1.54, 1.807) is 11.8 Å².